The van der Waals surface area contributed by atoms with E-state index in [-0.39, 0.29) is 26.6 Å². The first-order valence-electron chi connectivity index (χ1n) is 7.03. The van der Waals surface area contributed by atoms with Crippen LogP contribution in [-0.2, 0) is 14.9 Å². The van der Waals surface area contributed by atoms with Crippen molar-refractivity contribution < 1.29 is 22.1 Å². The van der Waals surface area contributed by atoms with Crippen molar-refractivity contribution in [2.75, 3.05) is 12.4 Å². The van der Waals surface area contributed by atoms with E-state index in [0.29, 0.717) is 11.0 Å². The first-order chi connectivity index (χ1) is 12.3. The zero-order chi connectivity index (χ0) is 18.9. The molecule has 0 aliphatic carbocycles. The van der Waals surface area contributed by atoms with Gasteiger partial charge in [-0.2, -0.15) is 8.42 Å². The highest BCUT2D eigenvalue weighted by Crippen LogP contribution is 2.31. The SMILES string of the molecule is COC(=O)Nc1nc2cc(S(=O)(=O)Oc3cc(Cl)ccc3Cl)ccc2[nH]1. The molecule has 1 heterocycles. The summed E-state index contributed by atoms with van der Waals surface area (Å²) in [6.45, 7) is 0. The lowest BCUT2D eigenvalue weighted by atomic mass is 10.3. The minimum absolute atomic E-state index is 0.0886. The molecule has 136 valence electrons. The van der Waals surface area contributed by atoms with Gasteiger partial charge in [0.05, 0.1) is 23.2 Å². The second-order valence-electron chi connectivity index (χ2n) is 4.99. The van der Waals surface area contributed by atoms with Crippen molar-refractivity contribution in [3.05, 3.63) is 46.4 Å². The zero-order valence-corrected chi connectivity index (χ0v) is 15.4. The maximum absolute atomic E-state index is 12.5. The average Bonchev–Trinajstić information content (AvgIpc) is 2.99. The van der Waals surface area contributed by atoms with Crippen molar-refractivity contribution in [1.29, 1.82) is 0 Å². The highest BCUT2D eigenvalue weighted by molar-refractivity contribution is 7.87. The predicted molar refractivity (Wildman–Crippen MR) is 96.4 cm³/mol. The number of nitrogens with zero attached hydrogens (tertiary/aromatic N) is 1. The number of amides is 1. The number of benzene rings is 2. The van der Waals surface area contributed by atoms with E-state index in [1.165, 1.54) is 43.5 Å². The van der Waals surface area contributed by atoms with Gasteiger partial charge in [-0.3, -0.25) is 5.32 Å². The number of aromatic nitrogens is 2. The van der Waals surface area contributed by atoms with Crippen LogP contribution >= 0.6 is 23.2 Å². The normalized spacial score (nSPS) is 11.3. The van der Waals surface area contributed by atoms with Gasteiger partial charge in [-0.1, -0.05) is 23.2 Å². The van der Waals surface area contributed by atoms with E-state index in [2.05, 4.69) is 20.0 Å². The molecule has 0 saturated carbocycles. The fourth-order valence-electron chi connectivity index (χ4n) is 2.06. The highest BCUT2D eigenvalue weighted by Gasteiger charge is 2.20. The quantitative estimate of drug-likeness (QED) is 0.626. The third-order valence-corrected chi connectivity index (χ3v) is 5.02. The van der Waals surface area contributed by atoms with Crippen molar-refractivity contribution in [3.8, 4) is 5.75 Å². The van der Waals surface area contributed by atoms with Gasteiger partial charge in [-0.25, -0.2) is 9.78 Å². The molecular weight excluding hydrogens is 405 g/mol. The van der Waals surface area contributed by atoms with Gasteiger partial charge in [0.1, 0.15) is 4.90 Å². The van der Waals surface area contributed by atoms with E-state index in [9.17, 15) is 13.2 Å². The topological polar surface area (TPSA) is 110 Å². The Labute approximate surface area is 158 Å². The Morgan fingerprint density at radius 1 is 1.19 bits per heavy atom. The molecule has 0 aliphatic heterocycles. The zero-order valence-electron chi connectivity index (χ0n) is 13.1. The number of imidazole rings is 1. The van der Waals surface area contributed by atoms with Crippen LogP contribution in [0.2, 0.25) is 10.0 Å². The monoisotopic (exact) mass is 415 g/mol. The van der Waals surface area contributed by atoms with Gasteiger partial charge in [-0.05, 0) is 30.3 Å². The number of H-pyrrole nitrogens is 1. The van der Waals surface area contributed by atoms with Crippen LogP contribution in [0.1, 0.15) is 0 Å². The Bertz CT molecular complexity index is 1100. The molecular formula is C15H11Cl2N3O5S. The lowest BCUT2D eigenvalue weighted by Crippen LogP contribution is -2.11. The highest BCUT2D eigenvalue weighted by atomic mass is 35.5. The Hall–Kier alpha value is -2.49. The van der Waals surface area contributed by atoms with E-state index in [0.717, 1.165) is 0 Å². The third kappa shape index (κ3) is 3.85. The summed E-state index contributed by atoms with van der Waals surface area (Å²) in [6, 6.07) is 8.34. The first-order valence-corrected chi connectivity index (χ1v) is 9.19. The Morgan fingerprint density at radius 2 is 1.96 bits per heavy atom. The van der Waals surface area contributed by atoms with Crippen LogP contribution in [0.25, 0.3) is 11.0 Å². The van der Waals surface area contributed by atoms with Crippen LogP contribution in [0.4, 0.5) is 10.7 Å². The summed E-state index contributed by atoms with van der Waals surface area (Å²) in [5, 5.41) is 2.73. The number of hydrogen-bond acceptors (Lipinski definition) is 6. The molecule has 0 aliphatic rings. The van der Waals surface area contributed by atoms with Crippen LogP contribution in [0, 0.1) is 0 Å². The van der Waals surface area contributed by atoms with Gasteiger partial charge in [0.2, 0.25) is 5.95 Å². The van der Waals surface area contributed by atoms with Crippen molar-refractivity contribution in [2.24, 2.45) is 0 Å². The second kappa shape index (κ2) is 7.02. The molecule has 11 heteroatoms. The predicted octanol–water partition coefficient (Wildman–Crippen LogP) is 3.82. The maximum atomic E-state index is 12.5. The largest absolute Gasteiger partial charge is 0.453 e. The number of rotatable bonds is 4. The fourth-order valence-corrected chi connectivity index (χ4v) is 3.38. The third-order valence-electron chi connectivity index (χ3n) is 3.24. The van der Waals surface area contributed by atoms with Crippen LogP contribution in [-0.4, -0.2) is 31.6 Å². The molecule has 0 spiro atoms. The summed E-state index contributed by atoms with van der Waals surface area (Å²) >= 11 is 11.8. The minimum Gasteiger partial charge on any atom is -0.453 e. The number of halogens is 2. The standard InChI is InChI=1S/C15H11Cl2N3O5S/c1-24-15(21)20-14-18-11-5-3-9(7-12(11)19-14)26(22,23)25-13-6-8(16)2-4-10(13)17/h2-7H,1H3,(H2,18,19,20,21). The molecule has 0 saturated heterocycles. The van der Waals surface area contributed by atoms with Gasteiger partial charge in [0, 0.05) is 11.1 Å². The summed E-state index contributed by atoms with van der Waals surface area (Å²) in [5.74, 6) is 0.0227. The molecule has 2 aromatic carbocycles. The summed E-state index contributed by atoms with van der Waals surface area (Å²) < 4.78 is 34.5. The van der Waals surface area contributed by atoms with Crippen LogP contribution in [0.5, 0.6) is 5.75 Å². The number of anilines is 1. The summed E-state index contributed by atoms with van der Waals surface area (Å²) in [4.78, 5) is 18.0. The maximum Gasteiger partial charge on any atom is 0.413 e. The Morgan fingerprint density at radius 3 is 2.69 bits per heavy atom. The number of carbonyl (C=O) groups excluding carboxylic acids is 1. The van der Waals surface area contributed by atoms with Crippen LogP contribution in [0.15, 0.2) is 41.3 Å². The van der Waals surface area contributed by atoms with Gasteiger partial charge in [0.25, 0.3) is 0 Å². The Kier molecular flexibility index (Phi) is 4.94. The lowest BCUT2D eigenvalue weighted by Gasteiger charge is -2.08. The van der Waals surface area contributed by atoms with E-state index in [1.807, 2.05) is 0 Å². The number of aromatic amines is 1. The average molecular weight is 416 g/mol. The molecule has 1 amide bonds. The van der Waals surface area contributed by atoms with Crippen molar-refractivity contribution >= 4 is 56.4 Å². The summed E-state index contributed by atoms with van der Waals surface area (Å²) in [5.41, 5.74) is 0.814. The number of hydrogen-bond donors (Lipinski definition) is 2. The van der Waals surface area contributed by atoms with Gasteiger partial charge in [-0.15, -0.1) is 0 Å². The van der Waals surface area contributed by atoms with E-state index < -0.39 is 16.2 Å². The van der Waals surface area contributed by atoms with E-state index >= 15 is 0 Å². The Balaban J connectivity index is 1.93. The van der Waals surface area contributed by atoms with E-state index in [4.69, 9.17) is 27.4 Å². The van der Waals surface area contributed by atoms with Crippen molar-refractivity contribution in [1.82, 2.24) is 9.97 Å². The summed E-state index contributed by atoms with van der Waals surface area (Å²) in [7, 11) is -2.96. The lowest BCUT2D eigenvalue weighted by molar-refractivity contribution is 0.186. The van der Waals surface area contributed by atoms with Crippen LogP contribution in [0.3, 0.4) is 0 Å². The number of carbonyl (C=O) groups is 1. The van der Waals surface area contributed by atoms with Crippen molar-refractivity contribution in [3.63, 3.8) is 0 Å². The molecule has 1 aromatic heterocycles. The van der Waals surface area contributed by atoms with Gasteiger partial charge >= 0.3 is 16.2 Å². The molecule has 8 nitrogen and oxygen atoms in total. The summed E-state index contributed by atoms with van der Waals surface area (Å²) in [6.07, 6.45) is -0.712. The molecule has 3 aromatic rings. The van der Waals surface area contributed by atoms with Gasteiger partial charge in [0.15, 0.2) is 5.75 Å². The first kappa shape index (κ1) is 18.3. The number of fused-ring (bicyclic) bond motifs is 1. The second-order valence-corrected chi connectivity index (χ2v) is 7.38. The molecule has 3 rings (SSSR count). The molecule has 0 radical (unpaired) electrons. The molecule has 26 heavy (non-hydrogen) atoms. The minimum atomic E-state index is -4.17. The molecule has 2 N–H and O–H groups in total. The number of nitrogens with one attached hydrogen (secondary N) is 2. The van der Waals surface area contributed by atoms with Crippen molar-refractivity contribution in [2.45, 2.75) is 4.90 Å². The van der Waals surface area contributed by atoms with Crippen LogP contribution < -0.4 is 9.50 Å². The number of ether oxygens (including phenoxy) is 1. The fraction of sp³-hybridized carbons (Fsp3) is 0.0667. The molecule has 0 fully saturated rings. The molecule has 0 bridgehead atoms. The molecule has 0 unspecified atom stereocenters. The molecule has 0 atom stereocenters. The van der Waals surface area contributed by atoms with E-state index in [1.54, 1.807) is 0 Å². The smallest absolute Gasteiger partial charge is 0.413 e. The number of methoxy groups -OCH3 is 1. The van der Waals surface area contributed by atoms with Gasteiger partial charge < -0.3 is 13.9 Å².